The fraction of sp³-hybridized carbons (Fsp3) is 0.422. The first-order chi connectivity index (χ1) is 41.4. The number of rotatable bonds is 22. The molecule has 4 N–H and O–H groups in total. The first-order valence-corrected chi connectivity index (χ1v) is 32.7. The number of sulfonamides is 1. The van der Waals surface area contributed by atoms with Crippen LogP contribution < -0.4 is 25.0 Å². The summed E-state index contributed by atoms with van der Waals surface area (Å²) in [5.74, 6) is -0.279. The number of piperidine rings is 2. The summed E-state index contributed by atoms with van der Waals surface area (Å²) in [5.41, 5.74) is 7.02. The van der Waals surface area contributed by atoms with Crippen molar-refractivity contribution >= 4 is 90.7 Å². The van der Waals surface area contributed by atoms with Crippen LogP contribution in [0.4, 0.5) is 17.1 Å². The van der Waals surface area contributed by atoms with Gasteiger partial charge in [0.25, 0.3) is 27.5 Å². The number of H-pyrrole nitrogens is 1. The van der Waals surface area contributed by atoms with Crippen LogP contribution in [-0.2, 0) is 26.2 Å². The van der Waals surface area contributed by atoms with E-state index in [2.05, 4.69) is 66.0 Å². The standard InChI is InChI=1S/C64H73ClN10O9S2/c1-64(2)24-22-45(52(36-64)43-12-14-46(65)15-13-43)40-72-28-30-73(31-29-72)47-16-18-51(57(34-47)84-48-33-44-23-25-66-60(44)68-38-48)61(77)70-86(82,83)49-17-19-54(56(35-49)75(80)81)67-37-42-9-8-27-71(39-42)26-5-3-4-6-32-85-58-11-7-10-50-53(58)41-74(63(50)79)55-20-21-59(76)69-62(55)78/h7,10-19,23,25,33-35,38,42,55,67H,3-6,8-9,20-22,24,26-32,36-37,39-41H2,1-2H3,(H,66,68)(H,70,77)(H,69,76,78). The van der Waals surface area contributed by atoms with Gasteiger partial charge in [-0.05, 0) is 159 Å². The van der Waals surface area contributed by atoms with E-state index in [-0.39, 0.29) is 46.6 Å². The number of likely N-dealkylation sites (tertiary alicyclic amines) is 1. The number of aromatic nitrogens is 2. The van der Waals surface area contributed by atoms with E-state index in [9.17, 15) is 37.7 Å². The molecule has 86 heavy (non-hydrogen) atoms. The lowest BCUT2D eigenvalue weighted by atomic mass is 9.72. The van der Waals surface area contributed by atoms with Gasteiger partial charge in [-0.15, -0.1) is 11.8 Å². The summed E-state index contributed by atoms with van der Waals surface area (Å²) in [5, 5.41) is 19.6. The number of piperazine rings is 1. The zero-order valence-electron chi connectivity index (χ0n) is 48.6. The SMILES string of the molecule is CC1(C)CCC(CN2CCN(c3ccc(C(=O)NS(=O)(=O)c4ccc(NCC5CCCN(CCCCCCSc6cccc7c6CN(C6CCC(=O)NC6=O)C7=O)C5)c([N+](=O)[O-])c4)c(Oc4cnc5[nH]ccc5c4)c3)CC2)=C(c2ccc(Cl)cc2)C1. The number of ether oxygens (including phenoxy) is 1. The van der Waals surface area contributed by atoms with Gasteiger partial charge in [0.1, 0.15) is 28.9 Å². The number of carbonyl (C=O) groups excluding carboxylic acids is 4. The Balaban J connectivity index is 0.675. The summed E-state index contributed by atoms with van der Waals surface area (Å²) < 4.78 is 36.6. The third-order valence-corrected chi connectivity index (χ3v) is 20.2. The fourth-order valence-corrected chi connectivity index (χ4v) is 14.8. The summed E-state index contributed by atoms with van der Waals surface area (Å²) in [6.07, 6.45) is 13.1. The Bertz CT molecular complexity index is 3700. The Morgan fingerprint density at radius 2 is 1.73 bits per heavy atom. The molecule has 2 aromatic heterocycles. The third kappa shape index (κ3) is 14.2. The molecule has 3 fully saturated rings. The minimum Gasteiger partial charge on any atom is -0.455 e. The van der Waals surface area contributed by atoms with Gasteiger partial charge >= 0.3 is 0 Å². The van der Waals surface area contributed by atoms with Crippen LogP contribution in [0.15, 0.2) is 119 Å². The average Bonchev–Trinajstić information content (AvgIpc) is 2.84. The third-order valence-electron chi connectivity index (χ3n) is 17.4. The number of hydrogen-bond donors (Lipinski definition) is 4. The molecule has 5 aliphatic rings. The molecule has 22 heteroatoms. The molecule has 2 unspecified atom stereocenters. The van der Waals surface area contributed by atoms with Crippen LogP contribution in [-0.4, -0.2) is 132 Å². The molecule has 11 rings (SSSR count). The van der Waals surface area contributed by atoms with Gasteiger partial charge in [0.05, 0.1) is 21.6 Å². The van der Waals surface area contributed by atoms with Crippen molar-refractivity contribution in [3.05, 3.63) is 146 Å². The topological polar surface area (TPSA) is 233 Å². The number of nitro groups is 1. The number of thioether (sulfide) groups is 1. The van der Waals surface area contributed by atoms with Crippen LogP contribution in [0.3, 0.4) is 0 Å². The van der Waals surface area contributed by atoms with Gasteiger partial charge < -0.3 is 29.7 Å². The largest absolute Gasteiger partial charge is 0.455 e. The Morgan fingerprint density at radius 3 is 2.53 bits per heavy atom. The van der Waals surface area contributed by atoms with Gasteiger partial charge in [0.15, 0.2) is 0 Å². The molecule has 6 aromatic rings. The summed E-state index contributed by atoms with van der Waals surface area (Å²) in [7, 11) is -4.62. The summed E-state index contributed by atoms with van der Waals surface area (Å²) in [6.45, 7) is 12.1. The fourth-order valence-electron chi connectivity index (χ4n) is 12.6. The Hall–Kier alpha value is -7.30. The number of carbonyl (C=O) groups is 4. The van der Waals surface area contributed by atoms with E-state index in [1.807, 2.05) is 36.4 Å². The molecule has 0 bridgehead atoms. The molecule has 19 nitrogen and oxygen atoms in total. The number of nitrogens with one attached hydrogen (secondary N) is 4. The van der Waals surface area contributed by atoms with Crippen LogP contribution in [0.5, 0.6) is 11.5 Å². The number of nitrogens with zero attached hydrogens (tertiary/aromatic N) is 6. The number of allylic oxidation sites excluding steroid dienone is 1. The Kier molecular flexibility index (Phi) is 18.5. The number of hydrogen-bond acceptors (Lipinski definition) is 15. The highest BCUT2D eigenvalue weighted by molar-refractivity contribution is 7.99. The molecule has 0 spiro atoms. The van der Waals surface area contributed by atoms with Crippen LogP contribution in [0.1, 0.15) is 116 Å². The van der Waals surface area contributed by atoms with Crippen molar-refractivity contribution in [1.29, 1.82) is 0 Å². The van der Waals surface area contributed by atoms with E-state index in [4.69, 9.17) is 16.3 Å². The lowest BCUT2D eigenvalue weighted by Crippen LogP contribution is -2.52. The minimum absolute atomic E-state index is 0.0497. The van der Waals surface area contributed by atoms with Crippen LogP contribution in [0.2, 0.25) is 5.02 Å². The molecular weight excluding hydrogens is 1150 g/mol. The van der Waals surface area contributed by atoms with Crippen molar-refractivity contribution in [3.63, 3.8) is 0 Å². The number of fused-ring (bicyclic) bond motifs is 2. The molecule has 4 amide bonds. The molecule has 1 aliphatic carbocycles. The quantitative estimate of drug-likeness (QED) is 0.0163. The number of aromatic amines is 1. The highest BCUT2D eigenvalue weighted by Gasteiger charge is 2.40. The predicted octanol–water partition coefficient (Wildman–Crippen LogP) is 11.1. The normalized spacial score (nSPS) is 19.4. The number of anilines is 2. The average molecular weight is 1230 g/mol. The Morgan fingerprint density at radius 1 is 0.919 bits per heavy atom. The van der Waals surface area contributed by atoms with Gasteiger partial charge in [-0.2, -0.15) is 0 Å². The smallest absolute Gasteiger partial charge is 0.293 e. The Labute approximate surface area is 510 Å². The predicted molar refractivity (Wildman–Crippen MR) is 334 cm³/mol. The highest BCUT2D eigenvalue weighted by Crippen LogP contribution is 2.44. The zero-order valence-corrected chi connectivity index (χ0v) is 51.0. The number of unbranched alkanes of at least 4 members (excludes halogenated alkanes) is 3. The van der Waals surface area contributed by atoms with E-state index in [0.717, 1.165) is 135 Å². The second-order valence-electron chi connectivity index (χ2n) is 24.1. The van der Waals surface area contributed by atoms with Crippen LogP contribution in [0.25, 0.3) is 16.6 Å². The molecule has 3 saturated heterocycles. The van der Waals surface area contributed by atoms with Crippen LogP contribution in [0, 0.1) is 21.4 Å². The lowest BCUT2D eigenvalue weighted by molar-refractivity contribution is -0.384. The van der Waals surface area contributed by atoms with E-state index >= 15 is 0 Å². The molecule has 6 heterocycles. The van der Waals surface area contributed by atoms with Gasteiger partial charge in [0.2, 0.25) is 11.8 Å². The van der Waals surface area contributed by atoms with Crippen molar-refractivity contribution in [2.75, 3.05) is 74.9 Å². The van der Waals surface area contributed by atoms with Crippen molar-refractivity contribution < 1.29 is 37.3 Å². The minimum atomic E-state index is -4.62. The van der Waals surface area contributed by atoms with E-state index in [1.165, 1.54) is 35.0 Å². The lowest BCUT2D eigenvalue weighted by Gasteiger charge is -2.39. The van der Waals surface area contributed by atoms with Gasteiger partial charge in [-0.1, -0.05) is 62.1 Å². The van der Waals surface area contributed by atoms with Crippen molar-refractivity contribution in [2.45, 2.75) is 107 Å². The number of halogens is 1. The van der Waals surface area contributed by atoms with Gasteiger partial charge in [0, 0.05) is 104 Å². The van der Waals surface area contributed by atoms with Crippen LogP contribution >= 0.6 is 23.4 Å². The number of imide groups is 1. The maximum absolute atomic E-state index is 14.2. The van der Waals surface area contributed by atoms with Crippen molar-refractivity contribution in [2.24, 2.45) is 11.3 Å². The molecule has 452 valence electrons. The maximum atomic E-state index is 14.2. The first-order valence-electron chi connectivity index (χ1n) is 29.8. The van der Waals surface area contributed by atoms with Crippen molar-refractivity contribution in [3.8, 4) is 11.5 Å². The molecular formula is C64H73ClN10O9S2. The second kappa shape index (κ2) is 26.4. The molecule has 4 aromatic carbocycles. The molecule has 0 radical (unpaired) electrons. The number of amides is 4. The van der Waals surface area contributed by atoms with Crippen molar-refractivity contribution in [1.82, 2.24) is 34.7 Å². The number of nitro benzene ring substituents is 1. The molecule has 4 aliphatic heterocycles. The summed E-state index contributed by atoms with van der Waals surface area (Å²) in [4.78, 5) is 80.5. The van der Waals surface area contributed by atoms with Gasteiger partial charge in [-0.3, -0.25) is 39.5 Å². The maximum Gasteiger partial charge on any atom is 0.293 e. The van der Waals surface area contributed by atoms with E-state index in [1.54, 1.807) is 47.1 Å². The van der Waals surface area contributed by atoms with E-state index < -0.39 is 43.4 Å². The van der Waals surface area contributed by atoms with E-state index in [0.29, 0.717) is 49.6 Å². The summed E-state index contributed by atoms with van der Waals surface area (Å²) >= 11 is 8.01. The molecule has 2 atom stereocenters. The zero-order chi connectivity index (χ0) is 60.1. The monoisotopic (exact) mass is 1220 g/mol. The highest BCUT2D eigenvalue weighted by atomic mass is 35.5. The second-order valence-corrected chi connectivity index (χ2v) is 27.3. The number of pyridine rings is 1. The first kappa shape index (κ1) is 60.4. The summed E-state index contributed by atoms with van der Waals surface area (Å²) in [6, 6.07) is 25.6. The van der Waals surface area contributed by atoms with Gasteiger partial charge in [-0.25, -0.2) is 18.1 Å². The number of benzene rings is 4. The molecule has 0 saturated carbocycles.